The summed E-state index contributed by atoms with van der Waals surface area (Å²) in [6.07, 6.45) is 1.63. The zero-order valence-corrected chi connectivity index (χ0v) is 9.56. The molecule has 0 unspecified atom stereocenters. The van der Waals surface area contributed by atoms with Crippen LogP contribution in [0.15, 0.2) is 30.0 Å². The van der Waals surface area contributed by atoms with Crippen molar-refractivity contribution in [2.75, 3.05) is 14.2 Å². The minimum Gasteiger partial charge on any atom is -0.497 e. The lowest BCUT2D eigenvalue weighted by atomic mass is 10.2. The molecule has 17 heavy (non-hydrogen) atoms. The van der Waals surface area contributed by atoms with Gasteiger partial charge in [-0.2, -0.15) is 0 Å². The van der Waals surface area contributed by atoms with E-state index < -0.39 is 6.03 Å². The molecule has 1 aliphatic rings. The van der Waals surface area contributed by atoms with Gasteiger partial charge in [-0.05, 0) is 23.8 Å². The number of rotatable bonds is 2. The van der Waals surface area contributed by atoms with Crippen LogP contribution < -0.4 is 10.1 Å². The molecule has 1 aromatic carbocycles. The first kappa shape index (κ1) is 11.2. The van der Waals surface area contributed by atoms with Crippen LogP contribution in [0.25, 0.3) is 6.08 Å². The monoisotopic (exact) mass is 232 g/mol. The smallest absolute Gasteiger partial charge is 0.328 e. The largest absolute Gasteiger partial charge is 0.497 e. The van der Waals surface area contributed by atoms with Crippen molar-refractivity contribution in [2.45, 2.75) is 0 Å². The Morgan fingerprint density at radius 3 is 2.35 bits per heavy atom. The first-order valence-corrected chi connectivity index (χ1v) is 5.06. The van der Waals surface area contributed by atoms with Gasteiger partial charge in [-0.15, -0.1) is 0 Å². The van der Waals surface area contributed by atoms with Gasteiger partial charge in [0.1, 0.15) is 11.4 Å². The van der Waals surface area contributed by atoms with Crippen LogP contribution in [0.1, 0.15) is 5.56 Å². The van der Waals surface area contributed by atoms with Crippen molar-refractivity contribution >= 4 is 18.0 Å². The van der Waals surface area contributed by atoms with Crippen molar-refractivity contribution in [3.63, 3.8) is 0 Å². The summed E-state index contributed by atoms with van der Waals surface area (Å²) in [7, 11) is 3.02. The van der Waals surface area contributed by atoms with Gasteiger partial charge in [0, 0.05) is 7.05 Å². The second kappa shape index (κ2) is 4.29. The number of amides is 3. The zero-order valence-electron chi connectivity index (χ0n) is 9.56. The van der Waals surface area contributed by atoms with E-state index in [0.29, 0.717) is 0 Å². The Kier molecular flexibility index (Phi) is 2.82. The summed E-state index contributed by atoms with van der Waals surface area (Å²) in [5, 5.41) is 2.50. The Morgan fingerprint density at radius 1 is 1.24 bits per heavy atom. The average molecular weight is 232 g/mol. The van der Waals surface area contributed by atoms with Gasteiger partial charge < -0.3 is 10.1 Å². The van der Waals surface area contributed by atoms with E-state index in [2.05, 4.69) is 5.32 Å². The van der Waals surface area contributed by atoms with Crippen LogP contribution in [0.5, 0.6) is 5.75 Å². The number of likely N-dealkylation sites (N-methyl/N-ethyl adjacent to an activating group) is 1. The highest BCUT2D eigenvalue weighted by Crippen LogP contribution is 2.15. The topological polar surface area (TPSA) is 58.6 Å². The molecule has 0 bridgehead atoms. The molecule has 2 rings (SSSR count). The van der Waals surface area contributed by atoms with E-state index in [-0.39, 0.29) is 11.6 Å². The van der Waals surface area contributed by atoms with Crippen LogP contribution in [0.4, 0.5) is 4.79 Å². The Balaban J connectivity index is 2.24. The number of nitrogens with one attached hydrogen (secondary N) is 1. The number of imide groups is 1. The SMILES string of the molecule is COc1ccc(/C=C2/NC(=O)N(C)C2=O)cc1. The molecule has 1 N–H and O–H groups in total. The molecule has 1 heterocycles. The highest BCUT2D eigenvalue weighted by molar-refractivity contribution is 6.13. The van der Waals surface area contributed by atoms with Crippen LogP contribution >= 0.6 is 0 Å². The van der Waals surface area contributed by atoms with Gasteiger partial charge in [0.2, 0.25) is 0 Å². The molecule has 0 aliphatic carbocycles. The molecule has 0 radical (unpaired) electrons. The fraction of sp³-hybridized carbons (Fsp3) is 0.167. The van der Waals surface area contributed by atoms with Crippen LogP contribution in [0, 0.1) is 0 Å². The Hall–Kier alpha value is -2.30. The lowest BCUT2D eigenvalue weighted by molar-refractivity contribution is -0.121. The van der Waals surface area contributed by atoms with Crippen molar-refractivity contribution < 1.29 is 14.3 Å². The third kappa shape index (κ3) is 2.13. The van der Waals surface area contributed by atoms with Crippen molar-refractivity contribution in [2.24, 2.45) is 0 Å². The number of nitrogens with zero attached hydrogens (tertiary/aromatic N) is 1. The molecule has 1 aromatic rings. The summed E-state index contributed by atoms with van der Waals surface area (Å²) in [4.78, 5) is 23.8. The molecule has 1 saturated heterocycles. The Bertz CT molecular complexity index is 491. The van der Waals surface area contributed by atoms with E-state index in [1.807, 2.05) is 12.1 Å². The van der Waals surface area contributed by atoms with Gasteiger partial charge >= 0.3 is 6.03 Å². The molecular weight excluding hydrogens is 220 g/mol. The van der Waals surface area contributed by atoms with Crippen LogP contribution in [0.2, 0.25) is 0 Å². The summed E-state index contributed by atoms with van der Waals surface area (Å²) >= 11 is 0. The average Bonchev–Trinajstić information content (AvgIpc) is 2.58. The van der Waals surface area contributed by atoms with Gasteiger partial charge in [-0.1, -0.05) is 12.1 Å². The predicted octanol–water partition coefficient (Wildman–Crippen LogP) is 1.22. The van der Waals surface area contributed by atoms with E-state index in [1.54, 1.807) is 25.3 Å². The number of hydrogen-bond acceptors (Lipinski definition) is 3. The quantitative estimate of drug-likeness (QED) is 0.616. The molecule has 5 heteroatoms. The minimum atomic E-state index is -0.408. The van der Waals surface area contributed by atoms with E-state index >= 15 is 0 Å². The maximum absolute atomic E-state index is 11.6. The highest BCUT2D eigenvalue weighted by atomic mass is 16.5. The predicted molar refractivity (Wildman–Crippen MR) is 62.3 cm³/mol. The maximum atomic E-state index is 11.6. The van der Waals surface area contributed by atoms with Crippen LogP contribution in [0.3, 0.4) is 0 Å². The molecule has 88 valence electrons. The third-order valence-corrected chi connectivity index (χ3v) is 2.51. The van der Waals surface area contributed by atoms with Gasteiger partial charge in [-0.3, -0.25) is 9.69 Å². The van der Waals surface area contributed by atoms with Crippen LogP contribution in [-0.2, 0) is 4.79 Å². The fourth-order valence-corrected chi connectivity index (χ4v) is 1.49. The lowest BCUT2D eigenvalue weighted by Gasteiger charge is -2.01. The number of urea groups is 1. The molecule has 5 nitrogen and oxygen atoms in total. The summed E-state index contributed by atoms with van der Waals surface area (Å²) in [6.45, 7) is 0. The number of carbonyl (C=O) groups excluding carboxylic acids is 2. The zero-order chi connectivity index (χ0) is 12.4. The molecule has 0 atom stereocenters. The minimum absolute atomic E-state index is 0.280. The Morgan fingerprint density at radius 2 is 1.88 bits per heavy atom. The first-order chi connectivity index (χ1) is 8.11. The second-order valence-electron chi connectivity index (χ2n) is 3.63. The molecule has 0 spiro atoms. The Labute approximate surface area is 98.7 Å². The standard InChI is InChI=1S/C12H12N2O3/c1-14-11(15)10(13-12(14)16)7-8-3-5-9(17-2)6-4-8/h3-7H,1-2H3,(H,13,16)/b10-7+. The lowest BCUT2D eigenvalue weighted by Crippen LogP contribution is -2.25. The summed E-state index contributed by atoms with van der Waals surface area (Å²) < 4.78 is 5.03. The molecule has 0 aromatic heterocycles. The molecule has 3 amide bonds. The number of hydrogen-bond donors (Lipinski definition) is 1. The van der Waals surface area contributed by atoms with Gasteiger partial charge in [0.05, 0.1) is 7.11 Å². The fourth-order valence-electron chi connectivity index (χ4n) is 1.49. The summed E-state index contributed by atoms with van der Waals surface area (Å²) in [6, 6.07) is 6.79. The maximum Gasteiger partial charge on any atom is 0.328 e. The van der Waals surface area contributed by atoms with E-state index in [9.17, 15) is 9.59 Å². The number of methoxy groups -OCH3 is 1. The van der Waals surface area contributed by atoms with Crippen molar-refractivity contribution in [3.05, 3.63) is 35.5 Å². The van der Waals surface area contributed by atoms with Gasteiger partial charge in [0.25, 0.3) is 5.91 Å². The van der Waals surface area contributed by atoms with E-state index in [4.69, 9.17) is 4.74 Å². The number of carbonyl (C=O) groups is 2. The normalized spacial score (nSPS) is 17.5. The molecule has 1 fully saturated rings. The molecule has 0 saturated carbocycles. The van der Waals surface area contributed by atoms with E-state index in [1.165, 1.54) is 7.05 Å². The highest BCUT2D eigenvalue weighted by Gasteiger charge is 2.29. The summed E-state index contributed by atoms with van der Waals surface area (Å²) in [5.74, 6) is 0.414. The summed E-state index contributed by atoms with van der Waals surface area (Å²) in [5.41, 5.74) is 1.10. The first-order valence-electron chi connectivity index (χ1n) is 5.06. The van der Waals surface area contributed by atoms with Gasteiger partial charge in [-0.25, -0.2) is 4.79 Å². The van der Waals surface area contributed by atoms with Gasteiger partial charge in [0.15, 0.2) is 0 Å². The second-order valence-corrected chi connectivity index (χ2v) is 3.63. The van der Waals surface area contributed by atoms with Crippen molar-refractivity contribution in [1.82, 2.24) is 10.2 Å². The number of ether oxygens (including phenoxy) is 1. The molecule has 1 aliphatic heterocycles. The van der Waals surface area contributed by atoms with Crippen molar-refractivity contribution in [1.29, 1.82) is 0 Å². The van der Waals surface area contributed by atoms with Crippen molar-refractivity contribution in [3.8, 4) is 5.75 Å². The molecular formula is C12H12N2O3. The third-order valence-electron chi connectivity index (χ3n) is 2.51. The van der Waals surface area contributed by atoms with E-state index in [0.717, 1.165) is 16.2 Å². The number of benzene rings is 1. The van der Waals surface area contributed by atoms with Crippen LogP contribution in [-0.4, -0.2) is 31.0 Å².